The molecule has 10 heteroatoms. The van der Waals surface area contributed by atoms with Crippen LogP contribution >= 0.6 is 0 Å². The van der Waals surface area contributed by atoms with Crippen molar-refractivity contribution in [2.75, 3.05) is 39.5 Å². The molecular weight excluding hydrogens is 456 g/mol. The van der Waals surface area contributed by atoms with Gasteiger partial charge in [-0.25, -0.2) is 0 Å². The molecule has 0 saturated heterocycles. The first kappa shape index (κ1) is 33.2. The van der Waals surface area contributed by atoms with Crippen molar-refractivity contribution in [1.82, 2.24) is 10.6 Å². The van der Waals surface area contributed by atoms with Crippen LogP contribution in [0.15, 0.2) is 0 Å². The number of ether oxygens (including phenoxy) is 4. The summed E-state index contributed by atoms with van der Waals surface area (Å²) < 4.78 is 22.7. The molecule has 0 rings (SSSR count). The molecule has 0 aromatic rings. The summed E-state index contributed by atoms with van der Waals surface area (Å²) in [4.78, 5) is 34.7. The van der Waals surface area contributed by atoms with Crippen LogP contribution < -0.4 is 10.6 Å². The molecule has 0 aromatic carbocycles. The highest BCUT2D eigenvalue weighted by Crippen LogP contribution is 2.19. The van der Waals surface area contributed by atoms with E-state index in [-0.39, 0.29) is 44.1 Å². The van der Waals surface area contributed by atoms with E-state index >= 15 is 0 Å². The van der Waals surface area contributed by atoms with Crippen molar-refractivity contribution < 1.29 is 38.4 Å². The maximum atomic E-state index is 12.1. The highest BCUT2D eigenvalue weighted by atomic mass is 16.5. The zero-order chi connectivity index (χ0) is 27.1. The van der Waals surface area contributed by atoms with Crippen LogP contribution in [-0.2, 0) is 33.3 Å². The van der Waals surface area contributed by atoms with E-state index in [0.29, 0.717) is 39.0 Å². The summed E-state index contributed by atoms with van der Waals surface area (Å²) >= 11 is 0. The quantitative estimate of drug-likeness (QED) is 0.231. The van der Waals surface area contributed by atoms with Gasteiger partial charge in [-0.3, -0.25) is 14.4 Å². The molecule has 3 N–H and O–H groups in total. The first-order valence-corrected chi connectivity index (χ1v) is 12.3. The fraction of sp³-hybridized carbons (Fsp3) is 0.880. The van der Waals surface area contributed by atoms with Crippen LogP contribution in [0.5, 0.6) is 0 Å². The Kier molecular flexibility index (Phi) is 15.3. The fourth-order valence-electron chi connectivity index (χ4n) is 2.80. The standard InChI is InChI=1S/C25H48N2O8/c1-19(2)32-15-11-25(7,8)35-18-21(29)27-17-20(28)26-13-10-23(3,4)34-16-12-24(5,6)33-14-9-22(30)31/h19H,9-18H2,1-8H3,(H,26,28)(H,27,29)(H,30,31). The van der Waals surface area contributed by atoms with E-state index in [0.717, 1.165) is 0 Å². The third-order valence-corrected chi connectivity index (χ3v) is 5.25. The molecule has 0 aliphatic rings. The number of amides is 2. The lowest BCUT2D eigenvalue weighted by molar-refractivity contribution is -0.140. The van der Waals surface area contributed by atoms with Crippen LogP contribution in [0, 0.1) is 0 Å². The van der Waals surface area contributed by atoms with Crippen molar-refractivity contribution in [1.29, 1.82) is 0 Å². The molecule has 35 heavy (non-hydrogen) atoms. The van der Waals surface area contributed by atoms with Gasteiger partial charge in [-0.15, -0.1) is 0 Å². The number of hydrogen-bond donors (Lipinski definition) is 3. The van der Waals surface area contributed by atoms with E-state index in [9.17, 15) is 14.4 Å². The third kappa shape index (κ3) is 20.2. The van der Waals surface area contributed by atoms with Crippen molar-refractivity contribution in [3.63, 3.8) is 0 Å². The lowest BCUT2D eigenvalue weighted by Crippen LogP contribution is -2.41. The summed E-state index contributed by atoms with van der Waals surface area (Å²) in [6, 6.07) is 0. The molecule has 0 spiro atoms. The molecule has 0 bridgehead atoms. The molecule has 0 aromatic heterocycles. The Labute approximate surface area is 210 Å². The van der Waals surface area contributed by atoms with Gasteiger partial charge in [0.15, 0.2) is 0 Å². The third-order valence-electron chi connectivity index (χ3n) is 5.25. The minimum Gasteiger partial charge on any atom is -0.481 e. The molecule has 0 heterocycles. The Morgan fingerprint density at radius 3 is 1.89 bits per heavy atom. The number of nitrogens with one attached hydrogen (secondary N) is 2. The second-order valence-electron chi connectivity index (χ2n) is 10.7. The van der Waals surface area contributed by atoms with Gasteiger partial charge in [-0.1, -0.05) is 0 Å². The summed E-state index contributed by atoms with van der Waals surface area (Å²) in [5.41, 5.74) is -1.45. The minimum atomic E-state index is -0.889. The number of carbonyl (C=O) groups is 3. The number of hydrogen-bond acceptors (Lipinski definition) is 7. The van der Waals surface area contributed by atoms with E-state index in [1.54, 1.807) is 0 Å². The van der Waals surface area contributed by atoms with Gasteiger partial charge in [0.2, 0.25) is 11.8 Å². The summed E-state index contributed by atoms with van der Waals surface area (Å²) in [6.07, 6.45) is 1.97. The monoisotopic (exact) mass is 504 g/mol. The van der Waals surface area contributed by atoms with Crippen molar-refractivity contribution >= 4 is 17.8 Å². The van der Waals surface area contributed by atoms with Gasteiger partial charge in [0.25, 0.3) is 0 Å². The molecule has 206 valence electrons. The predicted octanol–water partition coefficient (Wildman–Crippen LogP) is 2.67. The van der Waals surface area contributed by atoms with Gasteiger partial charge < -0.3 is 34.7 Å². The van der Waals surface area contributed by atoms with Crippen molar-refractivity contribution in [2.24, 2.45) is 0 Å². The van der Waals surface area contributed by atoms with Gasteiger partial charge >= 0.3 is 5.97 Å². The Balaban J connectivity index is 4.06. The molecule has 0 unspecified atom stereocenters. The van der Waals surface area contributed by atoms with Crippen LogP contribution in [0.4, 0.5) is 0 Å². The highest BCUT2D eigenvalue weighted by molar-refractivity contribution is 5.85. The average molecular weight is 505 g/mol. The second kappa shape index (κ2) is 16.1. The van der Waals surface area contributed by atoms with Crippen LogP contribution in [0.3, 0.4) is 0 Å². The van der Waals surface area contributed by atoms with Crippen LogP contribution in [-0.4, -0.2) is 85.3 Å². The number of carboxylic acids is 1. The van der Waals surface area contributed by atoms with E-state index in [1.165, 1.54) is 0 Å². The normalized spacial score (nSPS) is 12.6. The number of rotatable bonds is 20. The smallest absolute Gasteiger partial charge is 0.305 e. The van der Waals surface area contributed by atoms with Crippen LogP contribution in [0.1, 0.15) is 81.1 Å². The Morgan fingerprint density at radius 1 is 0.743 bits per heavy atom. The zero-order valence-corrected chi connectivity index (χ0v) is 23.0. The Morgan fingerprint density at radius 2 is 1.29 bits per heavy atom. The summed E-state index contributed by atoms with van der Waals surface area (Å²) in [5, 5.41) is 14.0. The molecule has 10 nitrogen and oxygen atoms in total. The number of aliphatic carboxylic acids is 1. The first-order chi connectivity index (χ1) is 16.0. The largest absolute Gasteiger partial charge is 0.481 e. The summed E-state index contributed by atoms with van der Waals surface area (Å²) in [7, 11) is 0. The maximum Gasteiger partial charge on any atom is 0.305 e. The van der Waals surface area contributed by atoms with Crippen molar-refractivity contribution in [3.8, 4) is 0 Å². The van der Waals surface area contributed by atoms with Crippen LogP contribution in [0.2, 0.25) is 0 Å². The zero-order valence-electron chi connectivity index (χ0n) is 23.0. The molecule has 0 aliphatic heterocycles. The molecule has 2 amide bonds. The fourth-order valence-corrected chi connectivity index (χ4v) is 2.80. The molecule has 0 aliphatic carbocycles. The van der Waals surface area contributed by atoms with Gasteiger partial charge in [0.05, 0.1) is 49.1 Å². The average Bonchev–Trinajstić information content (AvgIpc) is 2.69. The molecule has 0 fully saturated rings. The highest BCUT2D eigenvalue weighted by Gasteiger charge is 2.23. The maximum absolute atomic E-state index is 12.1. The van der Waals surface area contributed by atoms with Crippen molar-refractivity contribution in [3.05, 3.63) is 0 Å². The Hall–Kier alpha value is -1.75. The molecule has 0 radical (unpaired) electrons. The SMILES string of the molecule is CC(C)OCCC(C)(C)OCC(=O)NCC(=O)NCCC(C)(C)OCCC(C)(C)OCCC(=O)O. The van der Waals surface area contributed by atoms with E-state index in [2.05, 4.69) is 10.6 Å². The number of carbonyl (C=O) groups excluding carboxylic acids is 2. The summed E-state index contributed by atoms with van der Waals surface area (Å²) in [6.45, 7) is 16.7. The predicted molar refractivity (Wildman–Crippen MR) is 133 cm³/mol. The van der Waals surface area contributed by atoms with E-state index < -0.39 is 22.8 Å². The summed E-state index contributed by atoms with van der Waals surface area (Å²) in [5.74, 6) is -1.53. The molecular formula is C25H48N2O8. The lowest BCUT2D eigenvalue weighted by Gasteiger charge is -2.29. The van der Waals surface area contributed by atoms with Gasteiger partial charge in [0, 0.05) is 13.2 Å². The number of carboxylic acid groups (broad SMARTS) is 1. The Bertz CT molecular complexity index is 647. The minimum absolute atomic E-state index is 0.0329. The second-order valence-corrected chi connectivity index (χ2v) is 10.7. The van der Waals surface area contributed by atoms with Crippen LogP contribution in [0.25, 0.3) is 0 Å². The topological polar surface area (TPSA) is 132 Å². The molecule has 0 saturated carbocycles. The van der Waals surface area contributed by atoms with E-state index in [1.807, 2.05) is 55.4 Å². The van der Waals surface area contributed by atoms with Gasteiger partial charge in [0.1, 0.15) is 6.61 Å². The van der Waals surface area contributed by atoms with E-state index in [4.69, 9.17) is 24.1 Å². The first-order valence-electron chi connectivity index (χ1n) is 12.3. The van der Waals surface area contributed by atoms with Gasteiger partial charge in [-0.05, 0) is 74.7 Å². The molecule has 0 atom stereocenters. The van der Waals surface area contributed by atoms with Gasteiger partial charge in [-0.2, -0.15) is 0 Å². The van der Waals surface area contributed by atoms with Crippen molar-refractivity contribution in [2.45, 2.75) is 104 Å². The lowest BCUT2D eigenvalue weighted by atomic mass is 10.0.